The van der Waals surface area contributed by atoms with Crippen molar-refractivity contribution in [2.45, 2.75) is 73.3 Å². The summed E-state index contributed by atoms with van der Waals surface area (Å²) in [6.07, 6.45) is 6.28. The number of aldehydes is 1. The van der Waals surface area contributed by atoms with Crippen LogP contribution in [0.3, 0.4) is 0 Å². The molecule has 0 spiro atoms. The van der Waals surface area contributed by atoms with E-state index in [0.29, 0.717) is 38.3 Å². The van der Waals surface area contributed by atoms with Gasteiger partial charge in [-0.3, -0.25) is 9.59 Å². The molecule has 0 saturated heterocycles. The van der Waals surface area contributed by atoms with E-state index in [9.17, 15) is 14.4 Å². The fraction of sp³-hybridized carbons (Fsp3) is 0.553. The van der Waals surface area contributed by atoms with Crippen molar-refractivity contribution in [3.05, 3.63) is 65.2 Å². The van der Waals surface area contributed by atoms with E-state index < -0.39 is 5.41 Å². The number of carbonyl (C=O) groups is 3. The summed E-state index contributed by atoms with van der Waals surface area (Å²) in [5.41, 5.74) is 11.5. The Balaban J connectivity index is 0.000000433. The van der Waals surface area contributed by atoms with Crippen molar-refractivity contribution in [1.82, 2.24) is 15.6 Å². The van der Waals surface area contributed by atoms with Gasteiger partial charge < -0.3 is 40.5 Å². The molecule has 49 heavy (non-hydrogen) atoms. The number of ether oxygens (including phenoxy) is 2. The summed E-state index contributed by atoms with van der Waals surface area (Å²) in [6.45, 7) is 14.6. The van der Waals surface area contributed by atoms with E-state index in [1.165, 1.54) is 25.8 Å². The molecule has 3 rings (SSSR count). The number of hydrogen-bond donors (Lipinski definition) is 4. The molecule has 0 aliphatic carbocycles. The molecule has 6 N–H and O–H groups in total. The van der Waals surface area contributed by atoms with Crippen molar-refractivity contribution in [2.75, 3.05) is 58.5 Å². The van der Waals surface area contributed by atoms with Crippen molar-refractivity contribution in [3.63, 3.8) is 0 Å². The lowest BCUT2D eigenvalue weighted by Gasteiger charge is -2.31. The molecule has 11 heteroatoms. The van der Waals surface area contributed by atoms with Crippen LogP contribution in [-0.4, -0.2) is 77.2 Å². The van der Waals surface area contributed by atoms with Gasteiger partial charge in [0.25, 0.3) is 6.47 Å². The van der Waals surface area contributed by atoms with Gasteiger partial charge in [0.2, 0.25) is 5.91 Å². The number of nitrogens with zero attached hydrogens (tertiary/aromatic N) is 2. The van der Waals surface area contributed by atoms with Crippen LogP contribution in [0.4, 0.5) is 5.69 Å². The van der Waals surface area contributed by atoms with Crippen LogP contribution in [0, 0.1) is 11.3 Å². The van der Waals surface area contributed by atoms with Gasteiger partial charge in [-0.25, -0.2) is 5.84 Å². The summed E-state index contributed by atoms with van der Waals surface area (Å²) < 4.78 is 10.0. The molecule has 1 atom stereocenters. The van der Waals surface area contributed by atoms with Gasteiger partial charge in [-0.15, -0.1) is 0 Å². The second-order valence-electron chi connectivity index (χ2n) is 12.8. The average molecular weight is 683 g/mol. The number of anilines is 1. The maximum Gasteiger partial charge on any atom is 0.293 e. The Morgan fingerprint density at radius 3 is 2.31 bits per heavy atom. The van der Waals surface area contributed by atoms with E-state index in [-0.39, 0.29) is 18.4 Å². The van der Waals surface area contributed by atoms with E-state index in [2.05, 4.69) is 28.5 Å². The Kier molecular flexibility index (Phi) is 21.3. The summed E-state index contributed by atoms with van der Waals surface area (Å²) in [4.78, 5) is 35.0. The molecule has 1 aliphatic heterocycles. The third-order valence-corrected chi connectivity index (χ3v) is 8.36. The zero-order valence-electron chi connectivity index (χ0n) is 30.9. The standard InChI is InChI=1S/C19H22N4O2.C13H25NO3.C6H15N/c1-22-12-14-6-2-3-7-15(14)19(23(21)10-11-25-13-24)18(20)16-8-4-5-9-17(16)22;1-5-7-17-8-6-14-12(16)9-11(2)13(3,4)10-15;1-3-4-5-6-7-2/h2-9,13H,10-12,20-21H2,1H3;10-11H,5-9H2,1-4H3,(H,14,16);7H,3-6H2,1-2H3/b19-18-;;. The molecule has 1 aliphatic rings. The van der Waals surface area contributed by atoms with Crippen LogP contribution in [0.15, 0.2) is 48.5 Å². The molecule has 2 aromatic rings. The first-order valence-corrected chi connectivity index (χ1v) is 17.4. The lowest BCUT2D eigenvalue weighted by Crippen LogP contribution is -2.35. The van der Waals surface area contributed by atoms with Crippen LogP contribution in [0.5, 0.6) is 0 Å². The molecule has 0 aromatic heterocycles. The number of amides is 1. The molecule has 1 unspecified atom stereocenters. The molecular weight excluding hydrogens is 620 g/mol. The second-order valence-corrected chi connectivity index (χ2v) is 12.8. The number of carbonyl (C=O) groups excluding carboxylic acids is 3. The van der Waals surface area contributed by atoms with E-state index in [1.807, 2.05) is 84.3 Å². The number of nitrogens with one attached hydrogen (secondary N) is 2. The highest BCUT2D eigenvalue weighted by Gasteiger charge is 2.27. The minimum Gasteiger partial charge on any atom is -0.466 e. The average Bonchev–Trinajstić information content (AvgIpc) is 3.09. The SMILES string of the molecule is CCCCCNC.CCCOCCNC(=O)CC(C)C(C)(C)C=O.CN1Cc2ccccc2/C(N(N)CCOC=O)=C(/N)c2ccccc21. The molecule has 0 fully saturated rings. The van der Waals surface area contributed by atoms with Crippen molar-refractivity contribution < 1.29 is 23.9 Å². The summed E-state index contributed by atoms with van der Waals surface area (Å²) in [6, 6.07) is 16.0. The number of rotatable bonds is 18. The van der Waals surface area contributed by atoms with Gasteiger partial charge in [-0.1, -0.05) is 89.9 Å². The maximum absolute atomic E-state index is 11.6. The van der Waals surface area contributed by atoms with E-state index in [1.54, 1.807) is 5.01 Å². The number of para-hydroxylation sites is 1. The number of unbranched alkanes of at least 4 members (excludes halogenated alkanes) is 2. The topological polar surface area (TPSA) is 152 Å². The van der Waals surface area contributed by atoms with Gasteiger partial charge in [-0.05, 0) is 44.0 Å². The van der Waals surface area contributed by atoms with E-state index in [0.717, 1.165) is 53.9 Å². The summed E-state index contributed by atoms with van der Waals surface area (Å²) >= 11 is 0. The summed E-state index contributed by atoms with van der Waals surface area (Å²) in [7, 11) is 4.04. The first kappa shape index (κ1) is 43.1. The van der Waals surface area contributed by atoms with Crippen LogP contribution >= 0.6 is 0 Å². The van der Waals surface area contributed by atoms with Gasteiger partial charge in [0.15, 0.2) is 0 Å². The minimum absolute atomic E-state index is 0.0208. The van der Waals surface area contributed by atoms with Crippen LogP contribution in [0.1, 0.15) is 83.4 Å². The van der Waals surface area contributed by atoms with Gasteiger partial charge >= 0.3 is 0 Å². The van der Waals surface area contributed by atoms with Crippen molar-refractivity contribution >= 4 is 35.7 Å². The summed E-state index contributed by atoms with van der Waals surface area (Å²) in [5.74, 6) is 6.31. The zero-order chi connectivity index (χ0) is 36.7. The molecule has 0 saturated carbocycles. The Bertz CT molecular complexity index is 1280. The largest absolute Gasteiger partial charge is 0.466 e. The van der Waals surface area contributed by atoms with Crippen LogP contribution in [-0.2, 0) is 30.4 Å². The number of nitrogens with two attached hydrogens (primary N) is 2. The normalized spacial score (nSPS) is 14.2. The maximum atomic E-state index is 11.6. The Morgan fingerprint density at radius 2 is 1.67 bits per heavy atom. The quantitative estimate of drug-likeness (QED) is 0.0736. The van der Waals surface area contributed by atoms with Gasteiger partial charge in [0, 0.05) is 55.4 Å². The van der Waals surface area contributed by atoms with Crippen LogP contribution in [0.2, 0.25) is 0 Å². The fourth-order valence-corrected chi connectivity index (χ4v) is 4.95. The second kappa shape index (κ2) is 24.2. The van der Waals surface area contributed by atoms with Crippen LogP contribution in [0.25, 0.3) is 11.4 Å². The predicted octanol–water partition coefficient (Wildman–Crippen LogP) is 4.95. The monoisotopic (exact) mass is 682 g/mol. The zero-order valence-corrected chi connectivity index (χ0v) is 30.9. The lowest BCUT2D eigenvalue weighted by molar-refractivity contribution is -0.129. The smallest absolute Gasteiger partial charge is 0.293 e. The van der Waals surface area contributed by atoms with Gasteiger partial charge in [0.1, 0.15) is 12.9 Å². The fourth-order valence-electron chi connectivity index (χ4n) is 4.95. The third kappa shape index (κ3) is 15.4. The van der Waals surface area contributed by atoms with Crippen molar-refractivity contribution in [2.24, 2.45) is 22.9 Å². The van der Waals surface area contributed by atoms with Crippen molar-refractivity contribution in [3.8, 4) is 0 Å². The molecule has 0 radical (unpaired) electrons. The molecule has 274 valence electrons. The summed E-state index contributed by atoms with van der Waals surface area (Å²) in [5, 5.41) is 7.45. The molecule has 2 aromatic carbocycles. The number of benzene rings is 2. The Morgan fingerprint density at radius 1 is 1.00 bits per heavy atom. The Hall–Kier alpha value is -3.93. The van der Waals surface area contributed by atoms with Crippen molar-refractivity contribution in [1.29, 1.82) is 0 Å². The van der Waals surface area contributed by atoms with E-state index >= 15 is 0 Å². The molecule has 1 amide bonds. The first-order valence-electron chi connectivity index (χ1n) is 17.4. The first-order chi connectivity index (χ1) is 23.5. The third-order valence-electron chi connectivity index (χ3n) is 8.36. The molecule has 0 bridgehead atoms. The molecular formula is C38H62N6O5. The number of fused-ring (bicyclic) bond motifs is 2. The van der Waals surface area contributed by atoms with Gasteiger partial charge in [0.05, 0.1) is 24.5 Å². The number of hydrazine groups is 1. The van der Waals surface area contributed by atoms with Gasteiger partial charge in [-0.2, -0.15) is 0 Å². The molecule has 11 nitrogen and oxygen atoms in total. The Labute approximate surface area is 294 Å². The minimum atomic E-state index is -0.448. The number of hydrogen-bond acceptors (Lipinski definition) is 10. The highest BCUT2D eigenvalue weighted by Crippen LogP contribution is 2.35. The van der Waals surface area contributed by atoms with E-state index in [4.69, 9.17) is 21.1 Å². The highest BCUT2D eigenvalue weighted by molar-refractivity contribution is 5.93. The highest BCUT2D eigenvalue weighted by atomic mass is 16.5. The lowest BCUT2D eigenvalue weighted by atomic mass is 9.79. The van der Waals surface area contributed by atoms with Crippen LogP contribution < -0.4 is 27.1 Å². The molecule has 1 heterocycles. The predicted molar refractivity (Wildman–Crippen MR) is 200 cm³/mol.